The van der Waals surface area contributed by atoms with Crippen molar-refractivity contribution >= 4 is 29.9 Å². The van der Waals surface area contributed by atoms with Crippen molar-refractivity contribution in [1.29, 1.82) is 0 Å². The number of halogens is 1. The van der Waals surface area contributed by atoms with Crippen LogP contribution in [0.2, 0.25) is 0 Å². The van der Waals surface area contributed by atoms with Crippen LogP contribution in [0.1, 0.15) is 44.6 Å². The Bertz CT molecular complexity index is 700. The third-order valence-corrected chi connectivity index (χ3v) is 4.60. The van der Waals surface area contributed by atoms with E-state index < -0.39 is 0 Å². The Labute approximate surface area is 184 Å². The maximum Gasteiger partial charge on any atom is 0.218 e. The molecule has 1 saturated carbocycles. The fraction of sp³-hybridized carbons (Fsp3) is 0.550. The van der Waals surface area contributed by atoms with Crippen LogP contribution < -0.4 is 15.4 Å². The SMILES string of the molecule is CCNC(=NCc1cccnc1OC1CCCC1)NCCCn1cccn1.I. The molecule has 0 unspecified atom stereocenters. The summed E-state index contributed by atoms with van der Waals surface area (Å²) in [7, 11) is 0. The molecular formula is C20H31IN6O. The summed E-state index contributed by atoms with van der Waals surface area (Å²) in [5.41, 5.74) is 1.03. The van der Waals surface area contributed by atoms with Crippen molar-refractivity contribution in [3.05, 3.63) is 42.4 Å². The van der Waals surface area contributed by atoms with Crippen LogP contribution in [0, 0.1) is 0 Å². The first-order valence-electron chi connectivity index (χ1n) is 9.95. The highest BCUT2D eigenvalue weighted by Crippen LogP contribution is 2.25. The summed E-state index contributed by atoms with van der Waals surface area (Å²) < 4.78 is 8.05. The topological polar surface area (TPSA) is 76.4 Å². The highest BCUT2D eigenvalue weighted by atomic mass is 127. The summed E-state index contributed by atoms with van der Waals surface area (Å²) in [5.74, 6) is 1.54. The van der Waals surface area contributed by atoms with E-state index in [4.69, 9.17) is 9.73 Å². The summed E-state index contributed by atoms with van der Waals surface area (Å²) in [6.07, 6.45) is 11.6. The molecule has 3 rings (SSSR count). The first-order valence-corrected chi connectivity index (χ1v) is 9.95. The third kappa shape index (κ3) is 7.29. The van der Waals surface area contributed by atoms with Gasteiger partial charge < -0.3 is 15.4 Å². The Kier molecular flexibility index (Phi) is 10.1. The van der Waals surface area contributed by atoms with Crippen LogP contribution in [-0.4, -0.2) is 39.9 Å². The van der Waals surface area contributed by atoms with Crippen molar-refractivity contribution in [2.45, 2.75) is 58.2 Å². The number of aliphatic imine (C=N–C) groups is 1. The van der Waals surface area contributed by atoms with Gasteiger partial charge in [0, 0.05) is 43.8 Å². The smallest absolute Gasteiger partial charge is 0.218 e. The van der Waals surface area contributed by atoms with Crippen LogP contribution in [0.5, 0.6) is 5.88 Å². The predicted molar refractivity (Wildman–Crippen MR) is 122 cm³/mol. The molecule has 1 fully saturated rings. The number of rotatable bonds is 9. The van der Waals surface area contributed by atoms with Gasteiger partial charge in [0.2, 0.25) is 5.88 Å². The molecule has 0 aliphatic heterocycles. The first-order chi connectivity index (χ1) is 13.3. The Balaban J connectivity index is 0.00000280. The second kappa shape index (κ2) is 12.6. The molecule has 28 heavy (non-hydrogen) atoms. The summed E-state index contributed by atoms with van der Waals surface area (Å²) >= 11 is 0. The number of pyridine rings is 1. The minimum absolute atomic E-state index is 0. The predicted octanol–water partition coefficient (Wildman–Crippen LogP) is 3.36. The Morgan fingerprint density at radius 1 is 1.25 bits per heavy atom. The van der Waals surface area contributed by atoms with Gasteiger partial charge in [-0.15, -0.1) is 24.0 Å². The summed E-state index contributed by atoms with van der Waals surface area (Å²) in [4.78, 5) is 9.13. The van der Waals surface area contributed by atoms with Crippen LogP contribution in [0.4, 0.5) is 0 Å². The average molecular weight is 498 g/mol. The molecule has 1 aliphatic rings. The van der Waals surface area contributed by atoms with Crippen molar-refractivity contribution in [2.75, 3.05) is 13.1 Å². The Morgan fingerprint density at radius 2 is 2.11 bits per heavy atom. The minimum Gasteiger partial charge on any atom is -0.474 e. The number of nitrogens with one attached hydrogen (secondary N) is 2. The third-order valence-electron chi connectivity index (χ3n) is 4.60. The zero-order valence-corrected chi connectivity index (χ0v) is 18.8. The number of aryl methyl sites for hydroxylation is 1. The highest BCUT2D eigenvalue weighted by Gasteiger charge is 2.18. The number of hydrogen-bond acceptors (Lipinski definition) is 4. The van der Waals surface area contributed by atoms with E-state index in [1.807, 2.05) is 29.1 Å². The highest BCUT2D eigenvalue weighted by molar-refractivity contribution is 14.0. The zero-order chi connectivity index (χ0) is 18.7. The second-order valence-electron chi connectivity index (χ2n) is 6.74. The first kappa shape index (κ1) is 22.4. The molecule has 0 amide bonds. The van der Waals surface area contributed by atoms with Crippen LogP contribution >= 0.6 is 24.0 Å². The van der Waals surface area contributed by atoms with E-state index in [0.717, 1.165) is 56.3 Å². The normalized spacial score (nSPS) is 14.5. The number of aromatic nitrogens is 3. The molecular weight excluding hydrogens is 467 g/mol. The number of ether oxygens (including phenoxy) is 1. The lowest BCUT2D eigenvalue weighted by molar-refractivity contribution is 0.199. The van der Waals surface area contributed by atoms with Gasteiger partial charge in [-0.2, -0.15) is 5.10 Å². The molecule has 0 radical (unpaired) electrons. The summed E-state index contributed by atoms with van der Waals surface area (Å²) in [6, 6.07) is 5.93. The van der Waals surface area contributed by atoms with Gasteiger partial charge in [0.25, 0.3) is 0 Å². The van der Waals surface area contributed by atoms with E-state index >= 15 is 0 Å². The lowest BCUT2D eigenvalue weighted by atomic mass is 10.2. The van der Waals surface area contributed by atoms with Gasteiger partial charge in [-0.05, 0) is 51.2 Å². The van der Waals surface area contributed by atoms with E-state index in [1.165, 1.54) is 12.8 Å². The monoisotopic (exact) mass is 498 g/mol. The van der Waals surface area contributed by atoms with E-state index in [-0.39, 0.29) is 24.0 Å². The minimum atomic E-state index is 0. The van der Waals surface area contributed by atoms with E-state index in [1.54, 1.807) is 12.4 Å². The van der Waals surface area contributed by atoms with Gasteiger partial charge in [0.15, 0.2) is 5.96 Å². The van der Waals surface area contributed by atoms with Gasteiger partial charge >= 0.3 is 0 Å². The molecule has 1 aliphatic carbocycles. The van der Waals surface area contributed by atoms with Crippen molar-refractivity contribution in [1.82, 2.24) is 25.4 Å². The zero-order valence-electron chi connectivity index (χ0n) is 16.5. The van der Waals surface area contributed by atoms with Gasteiger partial charge in [-0.3, -0.25) is 4.68 Å². The van der Waals surface area contributed by atoms with Crippen molar-refractivity contribution in [3.8, 4) is 5.88 Å². The Hall–Kier alpha value is -1.84. The molecule has 7 nitrogen and oxygen atoms in total. The van der Waals surface area contributed by atoms with E-state index in [9.17, 15) is 0 Å². The average Bonchev–Trinajstić information content (AvgIpc) is 3.38. The maximum absolute atomic E-state index is 6.11. The fourth-order valence-corrected chi connectivity index (χ4v) is 3.20. The molecule has 0 atom stereocenters. The van der Waals surface area contributed by atoms with Gasteiger partial charge in [-0.1, -0.05) is 6.07 Å². The van der Waals surface area contributed by atoms with E-state index in [2.05, 4.69) is 27.6 Å². The van der Waals surface area contributed by atoms with Crippen molar-refractivity contribution in [3.63, 3.8) is 0 Å². The van der Waals surface area contributed by atoms with Gasteiger partial charge in [-0.25, -0.2) is 9.98 Å². The quantitative estimate of drug-likeness (QED) is 0.240. The van der Waals surface area contributed by atoms with Crippen LogP contribution in [0.15, 0.2) is 41.8 Å². The molecule has 2 aromatic rings. The molecule has 0 aromatic carbocycles. The Morgan fingerprint density at radius 3 is 2.86 bits per heavy atom. The molecule has 2 heterocycles. The molecule has 2 N–H and O–H groups in total. The van der Waals surface area contributed by atoms with Gasteiger partial charge in [0.05, 0.1) is 6.54 Å². The number of nitrogens with zero attached hydrogens (tertiary/aromatic N) is 4. The number of hydrogen-bond donors (Lipinski definition) is 2. The van der Waals surface area contributed by atoms with Crippen LogP contribution in [-0.2, 0) is 13.1 Å². The van der Waals surface area contributed by atoms with Crippen molar-refractivity contribution in [2.24, 2.45) is 4.99 Å². The molecule has 2 aromatic heterocycles. The van der Waals surface area contributed by atoms with E-state index in [0.29, 0.717) is 12.6 Å². The second-order valence-corrected chi connectivity index (χ2v) is 6.74. The lowest BCUT2D eigenvalue weighted by Gasteiger charge is -2.15. The molecule has 8 heteroatoms. The van der Waals surface area contributed by atoms with Crippen LogP contribution in [0.25, 0.3) is 0 Å². The summed E-state index contributed by atoms with van der Waals surface area (Å²) in [6.45, 7) is 5.17. The molecule has 0 bridgehead atoms. The van der Waals surface area contributed by atoms with Crippen molar-refractivity contribution < 1.29 is 4.74 Å². The largest absolute Gasteiger partial charge is 0.474 e. The molecule has 154 valence electrons. The number of guanidine groups is 1. The van der Waals surface area contributed by atoms with Gasteiger partial charge in [0.1, 0.15) is 6.10 Å². The van der Waals surface area contributed by atoms with Crippen LogP contribution in [0.3, 0.4) is 0 Å². The molecule has 0 spiro atoms. The maximum atomic E-state index is 6.11. The fourth-order valence-electron chi connectivity index (χ4n) is 3.20. The lowest BCUT2D eigenvalue weighted by Crippen LogP contribution is -2.38. The summed E-state index contributed by atoms with van der Waals surface area (Å²) in [5, 5.41) is 10.9. The molecule has 0 saturated heterocycles. The standard InChI is InChI=1S/C20H30N6O.HI/c1-2-21-20(23-12-6-14-26-15-7-13-25-26)24-16-17-8-5-11-22-19(17)27-18-9-3-4-10-18;/h5,7-8,11,13,15,18H,2-4,6,9-10,12,14,16H2,1H3,(H2,21,23,24);1H.